The molecule has 0 saturated carbocycles. The van der Waals surface area contributed by atoms with Crippen LogP contribution < -0.4 is 16.0 Å². The van der Waals surface area contributed by atoms with Crippen LogP contribution in [-0.4, -0.2) is 50.6 Å². The normalized spacial score (nSPS) is 11.3. The highest BCUT2D eigenvalue weighted by Gasteiger charge is 2.19. The van der Waals surface area contributed by atoms with Crippen LogP contribution in [0.15, 0.2) is 66.9 Å². The van der Waals surface area contributed by atoms with Gasteiger partial charge in [0.1, 0.15) is 5.69 Å². The molecule has 0 aliphatic heterocycles. The number of benzene rings is 2. The third kappa shape index (κ3) is 5.69. The summed E-state index contributed by atoms with van der Waals surface area (Å²) >= 11 is 0. The Hall–Kier alpha value is -4.15. The predicted octanol–water partition coefficient (Wildman–Crippen LogP) is 1.27. The second kappa shape index (κ2) is 10.1. The van der Waals surface area contributed by atoms with Gasteiger partial charge in [0.15, 0.2) is 11.9 Å². The summed E-state index contributed by atoms with van der Waals surface area (Å²) in [7, 11) is 0. The molecule has 3 rings (SSSR count). The molecule has 5 N–H and O–H groups in total. The van der Waals surface area contributed by atoms with E-state index in [1.165, 1.54) is 0 Å². The van der Waals surface area contributed by atoms with Gasteiger partial charge in [-0.25, -0.2) is 4.98 Å². The molecular formula is C21H19N5O5. The van der Waals surface area contributed by atoms with Gasteiger partial charge in [-0.3, -0.25) is 19.7 Å². The molecule has 1 aromatic heterocycles. The third-order valence-electron chi connectivity index (χ3n) is 4.05. The van der Waals surface area contributed by atoms with Gasteiger partial charge in [0.25, 0.3) is 17.7 Å². The molecule has 3 aromatic rings. The van der Waals surface area contributed by atoms with Gasteiger partial charge in [0, 0.05) is 11.1 Å². The standard InChI is InChI=1S/C21H19N5O5/c27-12-16(28)20(31)23-15-11-22-21(26-19(30)14-9-5-2-6-10-14)25-17(15)24-18(29)13-7-3-1-4-8-13/h1-11,16,27-28H,12H2,(H,23,31)(H2,22,24,25,26,29,30)/t16-/m1/s1. The lowest BCUT2D eigenvalue weighted by Crippen LogP contribution is -2.31. The maximum atomic E-state index is 12.5. The highest BCUT2D eigenvalue weighted by Crippen LogP contribution is 2.21. The van der Waals surface area contributed by atoms with Crippen LogP contribution in [0.2, 0.25) is 0 Å². The number of rotatable bonds is 7. The number of anilines is 3. The van der Waals surface area contributed by atoms with Crippen molar-refractivity contribution in [1.82, 2.24) is 9.97 Å². The Labute approximate surface area is 177 Å². The summed E-state index contributed by atoms with van der Waals surface area (Å²) in [5, 5.41) is 25.8. The van der Waals surface area contributed by atoms with E-state index in [9.17, 15) is 19.5 Å². The molecule has 1 atom stereocenters. The van der Waals surface area contributed by atoms with E-state index in [-0.39, 0.29) is 17.5 Å². The van der Waals surface area contributed by atoms with E-state index >= 15 is 0 Å². The first-order valence-corrected chi connectivity index (χ1v) is 9.17. The minimum absolute atomic E-state index is 0.0282. The molecule has 0 fully saturated rings. The van der Waals surface area contributed by atoms with E-state index in [1.807, 2.05) is 0 Å². The number of nitrogens with one attached hydrogen (secondary N) is 3. The van der Waals surface area contributed by atoms with Crippen LogP contribution in [0.25, 0.3) is 0 Å². The number of aliphatic hydroxyl groups is 2. The van der Waals surface area contributed by atoms with Crippen molar-refractivity contribution in [2.45, 2.75) is 6.10 Å². The van der Waals surface area contributed by atoms with Crippen LogP contribution in [0.1, 0.15) is 20.7 Å². The molecule has 1 heterocycles. The SMILES string of the molecule is O=C(Nc1ncc(NC(=O)[C@H](O)CO)c(NC(=O)c2ccccc2)n1)c1ccccc1. The summed E-state index contributed by atoms with van der Waals surface area (Å²) in [5.41, 5.74) is 0.688. The minimum atomic E-state index is -1.67. The minimum Gasteiger partial charge on any atom is -0.393 e. The Balaban J connectivity index is 1.87. The van der Waals surface area contributed by atoms with Crippen LogP contribution in [0.3, 0.4) is 0 Å². The maximum absolute atomic E-state index is 12.5. The number of nitrogens with zero attached hydrogens (tertiary/aromatic N) is 2. The van der Waals surface area contributed by atoms with Gasteiger partial charge in [-0.15, -0.1) is 0 Å². The summed E-state index contributed by atoms with van der Waals surface area (Å²) in [6.07, 6.45) is -0.508. The molecular weight excluding hydrogens is 402 g/mol. The molecule has 10 nitrogen and oxygen atoms in total. The van der Waals surface area contributed by atoms with E-state index in [0.717, 1.165) is 6.20 Å². The van der Waals surface area contributed by atoms with E-state index in [2.05, 4.69) is 25.9 Å². The first-order valence-electron chi connectivity index (χ1n) is 9.17. The highest BCUT2D eigenvalue weighted by atomic mass is 16.3. The van der Waals surface area contributed by atoms with Gasteiger partial charge in [-0.2, -0.15) is 4.98 Å². The lowest BCUT2D eigenvalue weighted by atomic mass is 10.2. The first-order chi connectivity index (χ1) is 15.0. The lowest BCUT2D eigenvalue weighted by molar-refractivity contribution is -0.125. The number of hydrogen-bond donors (Lipinski definition) is 5. The number of hydrogen-bond acceptors (Lipinski definition) is 7. The third-order valence-corrected chi connectivity index (χ3v) is 4.05. The fraction of sp³-hybridized carbons (Fsp3) is 0.0952. The molecule has 0 saturated heterocycles. The van der Waals surface area contributed by atoms with Crippen molar-refractivity contribution in [1.29, 1.82) is 0 Å². The largest absolute Gasteiger partial charge is 0.393 e. The zero-order valence-corrected chi connectivity index (χ0v) is 16.1. The monoisotopic (exact) mass is 421 g/mol. The number of carbonyl (C=O) groups is 3. The van der Waals surface area contributed by atoms with Gasteiger partial charge in [0.2, 0.25) is 5.95 Å². The molecule has 158 valence electrons. The number of aromatic nitrogens is 2. The second-order valence-electron chi connectivity index (χ2n) is 6.28. The fourth-order valence-electron chi connectivity index (χ4n) is 2.46. The Morgan fingerprint density at radius 3 is 1.94 bits per heavy atom. The van der Waals surface area contributed by atoms with Crippen molar-refractivity contribution in [2.24, 2.45) is 0 Å². The van der Waals surface area contributed by atoms with E-state index in [1.54, 1.807) is 60.7 Å². The number of carbonyl (C=O) groups excluding carboxylic acids is 3. The van der Waals surface area contributed by atoms with Gasteiger partial charge in [-0.1, -0.05) is 36.4 Å². The Bertz CT molecular complexity index is 1080. The van der Waals surface area contributed by atoms with Crippen molar-refractivity contribution < 1.29 is 24.6 Å². The van der Waals surface area contributed by atoms with Crippen LogP contribution in [0, 0.1) is 0 Å². The lowest BCUT2D eigenvalue weighted by Gasteiger charge is -2.14. The maximum Gasteiger partial charge on any atom is 0.258 e. The van der Waals surface area contributed by atoms with Crippen LogP contribution >= 0.6 is 0 Å². The van der Waals surface area contributed by atoms with Gasteiger partial charge >= 0.3 is 0 Å². The summed E-state index contributed by atoms with van der Waals surface area (Å²) in [5.74, 6) is -2.11. The van der Waals surface area contributed by atoms with Crippen LogP contribution in [0.5, 0.6) is 0 Å². The van der Waals surface area contributed by atoms with E-state index in [0.29, 0.717) is 11.1 Å². The van der Waals surface area contributed by atoms with Gasteiger partial charge < -0.3 is 20.8 Å². The topological polar surface area (TPSA) is 154 Å². The van der Waals surface area contributed by atoms with Gasteiger partial charge in [0.05, 0.1) is 12.8 Å². The molecule has 3 amide bonds. The van der Waals surface area contributed by atoms with Crippen LogP contribution in [0.4, 0.5) is 17.5 Å². The van der Waals surface area contributed by atoms with Crippen LogP contribution in [-0.2, 0) is 4.79 Å². The molecule has 31 heavy (non-hydrogen) atoms. The smallest absolute Gasteiger partial charge is 0.258 e. The average molecular weight is 421 g/mol. The van der Waals surface area contributed by atoms with E-state index < -0.39 is 30.4 Å². The van der Waals surface area contributed by atoms with Crippen molar-refractivity contribution in [3.05, 3.63) is 78.0 Å². The molecule has 10 heteroatoms. The Kier molecular flexibility index (Phi) is 6.99. The van der Waals surface area contributed by atoms with Crippen molar-refractivity contribution in [3.8, 4) is 0 Å². The summed E-state index contributed by atoms with van der Waals surface area (Å²) < 4.78 is 0. The zero-order valence-electron chi connectivity index (χ0n) is 16.1. The first kappa shape index (κ1) is 21.6. The second-order valence-corrected chi connectivity index (χ2v) is 6.28. The molecule has 0 spiro atoms. The predicted molar refractivity (Wildman–Crippen MR) is 113 cm³/mol. The quantitative estimate of drug-likeness (QED) is 0.385. The average Bonchev–Trinajstić information content (AvgIpc) is 2.81. The van der Waals surface area contributed by atoms with Crippen molar-refractivity contribution in [2.75, 3.05) is 22.6 Å². The Morgan fingerprint density at radius 1 is 0.839 bits per heavy atom. The van der Waals surface area contributed by atoms with Gasteiger partial charge in [-0.05, 0) is 24.3 Å². The molecule has 0 aliphatic rings. The molecule has 0 unspecified atom stereocenters. The Morgan fingerprint density at radius 2 is 1.39 bits per heavy atom. The van der Waals surface area contributed by atoms with E-state index in [4.69, 9.17) is 5.11 Å². The molecule has 0 radical (unpaired) electrons. The summed E-state index contributed by atoms with van der Waals surface area (Å²) in [4.78, 5) is 44.9. The molecule has 0 bridgehead atoms. The fourth-order valence-corrected chi connectivity index (χ4v) is 2.46. The highest BCUT2D eigenvalue weighted by molar-refractivity contribution is 6.07. The number of amides is 3. The van der Waals surface area contributed by atoms with Crippen molar-refractivity contribution >= 4 is 35.2 Å². The zero-order chi connectivity index (χ0) is 22.2. The molecule has 0 aliphatic carbocycles. The van der Waals surface area contributed by atoms with Crippen molar-refractivity contribution in [3.63, 3.8) is 0 Å². The molecule has 2 aromatic carbocycles. The number of aliphatic hydroxyl groups excluding tert-OH is 2. The summed E-state index contributed by atoms with van der Waals surface area (Å²) in [6.45, 7) is -0.788. The summed E-state index contributed by atoms with van der Waals surface area (Å²) in [6, 6.07) is 16.7.